The van der Waals surface area contributed by atoms with Crippen molar-refractivity contribution in [3.05, 3.63) is 38.4 Å². The molecule has 3 heterocycles. The van der Waals surface area contributed by atoms with E-state index in [0.29, 0.717) is 26.7 Å². The van der Waals surface area contributed by atoms with Gasteiger partial charge in [-0.3, -0.25) is 0 Å². The Balaban J connectivity index is 2.25. The average molecular weight is 331 g/mol. The van der Waals surface area contributed by atoms with Crippen LogP contribution in [0, 0.1) is 6.92 Å². The molecule has 0 atom stereocenters. The van der Waals surface area contributed by atoms with Crippen LogP contribution in [0.2, 0.25) is 15.2 Å². The van der Waals surface area contributed by atoms with Crippen molar-refractivity contribution in [3.8, 4) is 11.5 Å². The van der Waals surface area contributed by atoms with Crippen molar-refractivity contribution in [2.45, 2.75) is 6.92 Å². The molecule has 3 rings (SSSR count). The Bertz CT molecular complexity index is 785. The highest BCUT2D eigenvalue weighted by Crippen LogP contribution is 2.32. The molecule has 0 radical (unpaired) electrons. The Morgan fingerprint density at radius 2 is 1.89 bits per heavy atom. The van der Waals surface area contributed by atoms with E-state index in [4.69, 9.17) is 34.8 Å². The van der Waals surface area contributed by atoms with Gasteiger partial charge in [0.25, 0.3) is 0 Å². The summed E-state index contributed by atoms with van der Waals surface area (Å²) in [6.45, 7) is 2.00. The number of halogens is 3. The van der Waals surface area contributed by atoms with Crippen LogP contribution in [0.4, 0.5) is 0 Å². The van der Waals surface area contributed by atoms with E-state index in [2.05, 4.69) is 15.0 Å². The fraction of sp³-hybridized carbons (Fsp3) is 0.0833. The normalized spacial score (nSPS) is 11.2. The van der Waals surface area contributed by atoms with Crippen LogP contribution in [0.3, 0.4) is 0 Å². The number of fused-ring (bicyclic) bond motifs is 1. The molecule has 0 unspecified atom stereocenters. The fourth-order valence-electron chi connectivity index (χ4n) is 1.69. The molecule has 0 amide bonds. The molecule has 3 nitrogen and oxygen atoms in total. The maximum Gasteiger partial charge on any atom is 0.182 e. The first-order chi connectivity index (χ1) is 9.04. The Kier molecular flexibility index (Phi) is 3.35. The molecule has 0 saturated carbocycles. The van der Waals surface area contributed by atoms with Crippen molar-refractivity contribution in [2.75, 3.05) is 0 Å². The third-order valence-electron chi connectivity index (χ3n) is 2.49. The van der Waals surface area contributed by atoms with E-state index in [9.17, 15) is 0 Å². The van der Waals surface area contributed by atoms with Crippen molar-refractivity contribution in [1.82, 2.24) is 15.0 Å². The van der Waals surface area contributed by atoms with Crippen molar-refractivity contribution in [3.63, 3.8) is 0 Å². The molecular formula is C12H6Cl3N3S. The number of nitrogens with zero attached hydrogens (tertiary/aromatic N) is 3. The number of aromatic nitrogens is 3. The van der Waals surface area contributed by atoms with Crippen LogP contribution in [0.15, 0.2) is 18.3 Å². The monoisotopic (exact) mass is 329 g/mol. The second kappa shape index (κ2) is 4.87. The molecular weight excluding hydrogens is 325 g/mol. The molecule has 3 aromatic rings. The molecule has 0 aliphatic rings. The summed E-state index contributed by atoms with van der Waals surface area (Å²) in [5.41, 5.74) is 0.473. The first-order valence-electron chi connectivity index (χ1n) is 5.29. The van der Waals surface area contributed by atoms with Crippen molar-refractivity contribution >= 4 is 56.4 Å². The Morgan fingerprint density at radius 1 is 1.11 bits per heavy atom. The lowest BCUT2D eigenvalue weighted by molar-refractivity contribution is 1.18. The van der Waals surface area contributed by atoms with E-state index in [1.54, 1.807) is 17.4 Å². The van der Waals surface area contributed by atoms with Crippen LogP contribution in [0.1, 0.15) is 4.88 Å². The standard InChI is InChI=1S/C12H6Cl3N3S/c1-5-2-7-10(15)17-11(18-12(7)19-5)9-8(14)3-6(13)4-16-9/h2-4H,1H3. The van der Waals surface area contributed by atoms with Crippen LogP contribution >= 0.6 is 46.1 Å². The molecule has 96 valence electrons. The summed E-state index contributed by atoms with van der Waals surface area (Å²) in [6, 6.07) is 3.57. The minimum atomic E-state index is 0.399. The van der Waals surface area contributed by atoms with Crippen LogP contribution in [0.25, 0.3) is 21.7 Å². The average Bonchev–Trinajstić information content (AvgIpc) is 2.70. The van der Waals surface area contributed by atoms with Gasteiger partial charge in [0.2, 0.25) is 0 Å². The van der Waals surface area contributed by atoms with E-state index < -0.39 is 0 Å². The highest BCUT2D eigenvalue weighted by atomic mass is 35.5. The summed E-state index contributed by atoms with van der Waals surface area (Å²) in [6.07, 6.45) is 1.50. The zero-order valence-electron chi connectivity index (χ0n) is 9.62. The van der Waals surface area contributed by atoms with Crippen molar-refractivity contribution in [2.24, 2.45) is 0 Å². The van der Waals surface area contributed by atoms with Gasteiger partial charge in [-0.05, 0) is 19.1 Å². The summed E-state index contributed by atoms with van der Waals surface area (Å²) < 4.78 is 0. The summed E-state index contributed by atoms with van der Waals surface area (Å²) >= 11 is 19.6. The minimum absolute atomic E-state index is 0.399. The van der Waals surface area contributed by atoms with E-state index in [1.807, 2.05) is 13.0 Å². The Labute approximate surface area is 128 Å². The lowest BCUT2D eigenvalue weighted by Gasteiger charge is -2.03. The summed E-state index contributed by atoms with van der Waals surface area (Å²) in [4.78, 5) is 14.8. The van der Waals surface area contributed by atoms with Gasteiger partial charge in [-0.1, -0.05) is 34.8 Å². The summed E-state index contributed by atoms with van der Waals surface area (Å²) in [5, 5.41) is 2.11. The number of aryl methyl sites for hydroxylation is 1. The number of thiophene rings is 1. The summed E-state index contributed by atoms with van der Waals surface area (Å²) in [7, 11) is 0. The molecule has 0 saturated heterocycles. The van der Waals surface area contributed by atoms with Crippen molar-refractivity contribution < 1.29 is 0 Å². The second-order valence-electron chi connectivity index (χ2n) is 3.90. The van der Waals surface area contributed by atoms with Gasteiger partial charge in [0.1, 0.15) is 15.7 Å². The first-order valence-corrected chi connectivity index (χ1v) is 7.25. The molecule has 0 bridgehead atoms. The van der Waals surface area contributed by atoms with Crippen LogP contribution in [-0.4, -0.2) is 15.0 Å². The van der Waals surface area contributed by atoms with Gasteiger partial charge in [-0.15, -0.1) is 11.3 Å². The largest absolute Gasteiger partial charge is 0.250 e. The van der Waals surface area contributed by atoms with Gasteiger partial charge < -0.3 is 0 Å². The van der Waals surface area contributed by atoms with Crippen molar-refractivity contribution in [1.29, 1.82) is 0 Å². The molecule has 0 N–H and O–H groups in total. The van der Waals surface area contributed by atoms with Gasteiger partial charge in [0.15, 0.2) is 5.82 Å². The van der Waals surface area contributed by atoms with Crippen LogP contribution in [-0.2, 0) is 0 Å². The van der Waals surface area contributed by atoms with E-state index in [1.165, 1.54) is 6.20 Å². The lowest BCUT2D eigenvalue weighted by Crippen LogP contribution is -1.93. The zero-order valence-corrected chi connectivity index (χ0v) is 12.7. The van der Waals surface area contributed by atoms with Gasteiger partial charge >= 0.3 is 0 Å². The number of pyridine rings is 1. The molecule has 0 aliphatic carbocycles. The highest BCUT2D eigenvalue weighted by molar-refractivity contribution is 7.18. The molecule has 3 aromatic heterocycles. The number of hydrogen-bond acceptors (Lipinski definition) is 4. The molecule has 19 heavy (non-hydrogen) atoms. The molecule has 7 heteroatoms. The topological polar surface area (TPSA) is 38.7 Å². The third-order valence-corrected chi connectivity index (χ3v) is 4.22. The lowest BCUT2D eigenvalue weighted by atomic mass is 10.3. The molecule has 0 spiro atoms. The highest BCUT2D eigenvalue weighted by Gasteiger charge is 2.14. The van der Waals surface area contributed by atoms with Gasteiger partial charge in [-0.2, -0.15) is 0 Å². The van der Waals surface area contributed by atoms with Gasteiger partial charge in [0.05, 0.1) is 10.0 Å². The molecule has 0 fully saturated rings. The third kappa shape index (κ3) is 2.41. The fourth-order valence-corrected chi connectivity index (χ4v) is 3.32. The summed E-state index contributed by atoms with van der Waals surface area (Å²) in [5.74, 6) is 0.404. The maximum atomic E-state index is 6.17. The van der Waals surface area contributed by atoms with E-state index >= 15 is 0 Å². The van der Waals surface area contributed by atoms with E-state index in [-0.39, 0.29) is 0 Å². The van der Waals surface area contributed by atoms with Gasteiger partial charge in [-0.25, -0.2) is 15.0 Å². The number of hydrogen-bond donors (Lipinski definition) is 0. The molecule has 0 aromatic carbocycles. The molecule has 0 aliphatic heterocycles. The second-order valence-corrected chi connectivity index (χ2v) is 6.33. The predicted molar refractivity (Wildman–Crippen MR) is 80.4 cm³/mol. The SMILES string of the molecule is Cc1cc2c(Cl)nc(-c3ncc(Cl)cc3Cl)nc2s1. The quantitative estimate of drug-likeness (QED) is 0.588. The smallest absolute Gasteiger partial charge is 0.182 e. The Hall–Kier alpha value is -0.940. The first kappa shape index (κ1) is 13.1. The zero-order chi connectivity index (χ0) is 13.6. The minimum Gasteiger partial charge on any atom is -0.250 e. The van der Waals surface area contributed by atoms with E-state index in [0.717, 1.165) is 15.1 Å². The van der Waals surface area contributed by atoms with Crippen LogP contribution in [0.5, 0.6) is 0 Å². The number of rotatable bonds is 1. The van der Waals surface area contributed by atoms with Crippen LogP contribution < -0.4 is 0 Å². The van der Waals surface area contributed by atoms with Gasteiger partial charge in [0, 0.05) is 16.5 Å². The predicted octanol–water partition coefficient (Wildman–Crippen LogP) is 5.02. The Morgan fingerprint density at radius 3 is 2.63 bits per heavy atom. The maximum absolute atomic E-state index is 6.17.